The summed E-state index contributed by atoms with van der Waals surface area (Å²) in [5.74, 6) is 1.15. The van der Waals surface area contributed by atoms with Crippen LogP contribution in [0.3, 0.4) is 0 Å². The van der Waals surface area contributed by atoms with Crippen LogP contribution in [0.25, 0.3) is 0 Å². The van der Waals surface area contributed by atoms with Gasteiger partial charge in [-0.2, -0.15) is 5.10 Å². The van der Waals surface area contributed by atoms with Gasteiger partial charge < -0.3 is 15.2 Å². The van der Waals surface area contributed by atoms with E-state index in [1.807, 2.05) is 30.3 Å². The molecule has 1 amide bonds. The molecule has 0 bridgehead atoms. The van der Waals surface area contributed by atoms with Gasteiger partial charge in [0, 0.05) is 10.0 Å². The monoisotopic (exact) mass is 517 g/mol. The largest absolute Gasteiger partial charge is 0.490 e. The summed E-state index contributed by atoms with van der Waals surface area (Å²) in [7, 11) is 0. The topological polar surface area (TPSA) is 112 Å². The van der Waals surface area contributed by atoms with Gasteiger partial charge in [-0.05, 0) is 54.8 Å². The molecule has 0 aliphatic rings. The Balaban J connectivity index is 1.53. The number of rotatable bonds is 10. The van der Waals surface area contributed by atoms with Gasteiger partial charge in [0.2, 0.25) is 11.0 Å². The van der Waals surface area contributed by atoms with Crippen molar-refractivity contribution in [1.29, 1.82) is 0 Å². The van der Waals surface area contributed by atoms with Crippen LogP contribution in [0.1, 0.15) is 28.6 Å². The number of carbonyl (C=O) groups excluding carboxylic acids is 1. The Morgan fingerprint density at radius 1 is 1.22 bits per heavy atom. The predicted molar refractivity (Wildman–Crippen MR) is 129 cm³/mol. The Hall–Kier alpha value is -2.98. The molecule has 0 unspecified atom stereocenters. The zero-order chi connectivity index (χ0) is 22.9. The second-order valence-corrected chi connectivity index (χ2v) is 8.90. The van der Waals surface area contributed by atoms with Crippen molar-refractivity contribution in [2.24, 2.45) is 5.10 Å². The van der Waals surface area contributed by atoms with Gasteiger partial charge in [-0.15, -0.1) is 10.2 Å². The van der Waals surface area contributed by atoms with E-state index in [0.29, 0.717) is 34.7 Å². The van der Waals surface area contributed by atoms with E-state index in [-0.39, 0.29) is 12.3 Å². The lowest BCUT2D eigenvalue weighted by Gasteiger charge is -2.12. The van der Waals surface area contributed by atoms with E-state index in [1.54, 1.807) is 0 Å². The van der Waals surface area contributed by atoms with E-state index < -0.39 is 0 Å². The lowest BCUT2D eigenvalue weighted by Crippen LogP contribution is -2.19. The minimum Gasteiger partial charge on any atom is -0.490 e. The minimum atomic E-state index is -0.312. The lowest BCUT2D eigenvalue weighted by molar-refractivity contribution is -0.120. The smallest absolute Gasteiger partial charge is 0.247 e. The van der Waals surface area contributed by atoms with Crippen molar-refractivity contribution in [2.75, 3.05) is 18.9 Å². The molecule has 2 aromatic carbocycles. The lowest BCUT2D eigenvalue weighted by atomic mass is 10.1. The van der Waals surface area contributed by atoms with E-state index in [2.05, 4.69) is 56.6 Å². The van der Waals surface area contributed by atoms with Crippen LogP contribution in [0.2, 0.25) is 0 Å². The number of nitrogens with one attached hydrogen (secondary N) is 1. The third-order valence-electron chi connectivity index (χ3n) is 4.29. The number of anilines is 1. The molecular weight excluding hydrogens is 494 g/mol. The summed E-state index contributed by atoms with van der Waals surface area (Å²) in [4.78, 5) is 12.0. The van der Waals surface area contributed by atoms with Gasteiger partial charge in [-0.1, -0.05) is 40.3 Å². The van der Waals surface area contributed by atoms with Crippen LogP contribution in [-0.2, 0) is 17.6 Å². The molecule has 0 spiro atoms. The first kappa shape index (κ1) is 23.7. The zero-order valence-electron chi connectivity index (χ0n) is 17.8. The highest BCUT2D eigenvalue weighted by molar-refractivity contribution is 9.10. The quantitative estimate of drug-likeness (QED) is 0.239. The number of halogens is 1. The molecule has 1 aromatic heterocycles. The molecule has 1 heterocycles. The van der Waals surface area contributed by atoms with Crippen LogP contribution < -0.4 is 20.6 Å². The predicted octanol–water partition coefficient (Wildman–Crippen LogP) is 3.90. The normalized spacial score (nSPS) is 11.0. The van der Waals surface area contributed by atoms with Crippen molar-refractivity contribution >= 4 is 44.5 Å². The molecule has 3 aromatic rings. The first-order valence-corrected chi connectivity index (χ1v) is 11.6. The number of hydrogen-bond acceptors (Lipinski definition) is 8. The van der Waals surface area contributed by atoms with E-state index in [4.69, 9.17) is 15.2 Å². The molecule has 10 heteroatoms. The van der Waals surface area contributed by atoms with Crippen LogP contribution in [0.4, 0.5) is 5.13 Å². The molecule has 0 radical (unpaired) electrons. The maximum atomic E-state index is 12.0. The Labute approximate surface area is 199 Å². The molecule has 0 atom stereocenters. The summed E-state index contributed by atoms with van der Waals surface area (Å²) in [6.07, 6.45) is 2.55. The second kappa shape index (κ2) is 11.6. The number of benzene rings is 2. The fraction of sp³-hybridized carbons (Fsp3) is 0.273. The van der Waals surface area contributed by atoms with Crippen molar-refractivity contribution in [3.8, 4) is 11.5 Å². The SMILES string of the molecule is CCc1cc(C)cc(OCCOc2ccc(Br)cc2/C=N/NC(=O)Cc2nnc(N)s2)c1. The Morgan fingerprint density at radius 2 is 2.03 bits per heavy atom. The number of nitrogens with zero attached hydrogens (tertiary/aromatic N) is 3. The number of carbonyl (C=O) groups is 1. The third-order valence-corrected chi connectivity index (χ3v) is 5.53. The van der Waals surface area contributed by atoms with Crippen LogP contribution >= 0.6 is 27.3 Å². The number of hydrogen-bond donors (Lipinski definition) is 2. The number of nitrogen functional groups attached to an aromatic ring is 1. The average molecular weight is 518 g/mol. The highest BCUT2D eigenvalue weighted by atomic mass is 79.9. The second-order valence-electron chi connectivity index (χ2n) is 6.89. The Bertz CT molecular complexity index is 1100. The van der Waals surface area contributed by atoms with Crippen molar-refractivity contribution in [1.82, 2.24) is 15.6 Å². The number of nitrogens with two attached hydrogens (primary N) is 1. The zero-order valence-corrected chi connectivity index (χ0v) is 20.2. The summed E-state index contributed by atoms with van der Waals surface area (Å²) < 4.78 is 12.6. The first-order valence-electron chi connectivity index (χ1n) is 9.98. The molecule has 32 heavy (non-hydrogen) atoms. The van der Waals surface area contributed by atoms with Gasteiger partial charge in [0.05, 0.1) is 12.6 Å². The molecule has 8 nitrogen and oxygen atoms in total. The standard InChI is InChI=1S/C22H24BrN5O3S/c1-3-15-8-14(2)9-18(10-15)30-6-7-31-19-5-4-17(23)11-16(19)13-25-26-20(29)12-21-27-28-22(24)32-21/h4-5,8-11,13H,3,6-7,12H2,1-2H3,(H2,24,28)(H,26,29)/b25-13+. The van der Waals surface area contributed by atoms with Crippen LogP contribution in [-0.4, -0.2) is 35.5 Å². The maximum absolute atomic E-state index is 12.0. The number of ether oxygens (including phenoxy) is 2. The van der Waals surface area contributed by atoms with Crippen LogP contribution in [0.15, 0.2) is 46.0 Å². The van der Waals surface area contributed by atoms with Gasteiger partial charge >= 0.3 is 0 Å². The fourth-order valence-electron chi connectivity index (χ4n) is 2.86. The highest BCUT2D eigenvalue weighted by Gasteiger charge is 2.08. The number of hydrazone groups is 1. The fourth-order valence-corrected chi connectivity index (χ4v) is 3.85. The van der Waals surface area contributed by atoms with E-state index in [9.17, 15) is 4.79 Å². The average Bonchev–Trinajstić information content (AvgIpc) is 3.16. The molecule has 0 aliphatic carbocycles. The number of aromatic nitrogens is 2. The van der Waals surface area contributed by atoms with E-state index in [1.165, 1.54) is 28.7 Å². The van der Waals surface area contributed by atoms with Crippen molar-refractivity contribution in [3.05, 3.63) is 62.6 Å². The number of amides is 1. The number of aryl methyl sites for hydroxylation is 2. The minimum absolute atomic E-state index is 0.0596. The Morgan fingerprint density at radius 3 is 2.78 bits per heavy atom. The third kappa shape index (κ3) is 7.31. The molecular formula is C22H24BrN5O3S. The summed E-state index contributed by atoms with van der Waals surface area (Å²) in [5, 5.41) is 12.4. The van der Waals surface area contributed by atoms with Gasteiger partial charge in [0.15, 0.2) is 0 Å². The molecule has 3 N–H and O–H groups in total. The summed E-state index contributed by atoms with van der Waals surface area (Å²) >= 11 is 4.61. The summed E-state index contributed by atoms with van der Waals surface area (Å²) in [6, 6.07) is 11.8. The van der Waals surface area contributed by atoms with Crippen molar-refractivity contribution < 1.29 is 14.3 Å². The molecule has 0 aliphatic heterocycles. The van der Waals surface area contributed by atoms with Crippen LogP contribution in [0, 0.1) is 6.92 Å². The summed E-state index contributed by atoms with van der Waals surface area (Å²) in [6.45, 7) is 4.94. The van der Waals surface area contributed by atoms with Gasteiger partial charge in [0.1, 0.15) is 29.7 Å². The molecule has 0 saturated heterocycles. The van der Waals surface area contributed by atoms with Gasteiger partial charge in [-0.3, -0.25) is 4.79 Å². The van der Waals surface area contributed by atoms with E-state index in [0.717, 1.165) is 16.6 Å². The molecule has 0 saturated carbocycles. The molecule has 168 valence electrons. The van der Waals surface area contributed by atoms with Gasteiger partial charge in [-0.25, -0.2) is 5.43 Å². The molecule has 0 fully saturated rings. The highest BCUT2D eigenvalue weighted by Crippen LogP contribution is 2.22. The van der Waals surface area contributed by atoms with Crippen LogP contribution in [0.5, 0.6) is 11.5 Å². The van der Waals surface area contributed by atoms with Crippen molar-refractivity contribution in [2.45, 2.75) is 26.7 Å². The maximum Gasteiger partial charge on any atom is 0.247 e. The molecule has 3 rings (SSSR count). The Kier molecular flexibility index (Phi) is 8.57. The first-order chi connectivity index (χ1) is 15.4. The van der Waals surface area contributed by atoms with Crippen molar-refractivity contribution in [3.63, 3.8) is 0 Å². The van der Waals surface area contributed by atoms with Gasteiger partial charge in [0.25, 0.3) is 0 Å². The van der Waals surface area contributed by atoms with E-state index >= 15 is 0 Å². The summed E-state index contributed by atoms with van der Waals surface area (Å²) in [5.41, 5.74) is 11.1.